The molecule has 0 unspecified atom stereocenters. The lowest BCUT2D eigenvalue weighted by Crippen LogP contribution is -2.53. The lowest BCUT2D eigenvalue weighted by molar-refractivity contribution is -0.146. The van der Waals surface area contributed by atoms with Crippen LogP contribution in [0.3, 0.4) is 0 Å². The van der Waals surface area contributed by atoms with Crippen molar-refractivity contribution in [3.8, 4) is 0 Å². The largest absolute Gasteiger partial charge is 0.352 e. The van der Waals surface area contributed by atoms with Gasteiger partial charge >= 0.3 is 0 Å². The monoisotopic (exact) mass is 350 g/mol. The average Bonchev–Trinajstić information content (AvgIpc) is 3.13. The van der Waals surface area contributed by atoms with Gasteiger partial charge in [-0.25, -0.2) is 9.67 Å². The van der Waals surface area contributed by atoms with Crippen LogP contribution in [0.2, 0.25) is 0 Å². The summed E-state index contributed by atoms with van der Waals surface area (Å²) in [4.78, 5) is 17.0. The van der Waals surface area contributed by atoms with Gasteiger partial charge < -0.3 is 5.32 Å². The van der Waals surface area contributed by atoms with Crippen LogP contribution in [0.5, 0.6) is 0 Å². The van der Waals surface area contributed by atoms with E-state index in [2.05, 4.69) is 39.7 Å². The molecule has 26 heavy (non-hydrogen) atoms. The van der Waals surface area contributed by atoms with Crippen molar-refractivity contribution in [1.82, 2.24) is 20.1 Å². The molecule has 1 aromatic carbocycles. The van der Waals surface area contributed by atoms with E-state index in [1.54, 1.807) is 12.7 Å². The summed E-state index contributed by atoms with van der Waals surface area (Å²) in [5.41, 5.74) is 2.29. The van der Waals surface area contributed by atoms with E-state index in [9.17, 15) is 4.79 Å². The fourth-order valence-electron chi connectivity index (χ4n) is 6.02. The summed E-state index contributed by atoms with van der Waals surface area (Å²) in [6.07, 6.45) is 10.8. The maximum absolute atomic E-state index is 13.0. The Labute approximate surface area is 154 Å². The van der Waals surface area contributed by atoms with Gasteiger partial charge in [-0.1, -0.05) is 24.3 Å². The van der Waals surface area contributed by atoms with E-state index in [1.807, 2.05) is 4.68 Å². The molecule has 1 aromatic heterocycles. The zero-order chi connectivity index (χ0) is 17.6. The van der Waals surface area contributed by atoms with Gasteiger partial charge in [0, 0.05) is 12.0 Å². The Balaban J connectivity index is 1.20. The first-order valence-corrected chi connectivity index (χ1v) is 9.87. The average molecular weight is 350 g/mol. The standard InChI is InChI=1S/C21H26N4O/c26-20(21-8-17-5-18(9-21)7-19(6-17)10-21)23-11-15-1-3-16(4-2-15)12-25-14-22-13-24-25/h1-4,13-14,17-19H,5-12H2,(H,23,26). The number of aromatic nitrogens is 3. The highest BCUT2D eigenvalue weighted by atomic mass is 16.2. The van der Waals surface area contributed by atoms with E-state index in [0.29, 0.717) is 12.5 Å². The summed E-state index contributed by atoms with van der Waals surface area (Å²) in [6.45, 7) is 1.35. The molecule has 2 aromatic rings. The van der Waals surface area contributed by atoms with Crippen molar-refractivity contribution in [1.29, 1.82) is 0 Å². The van der Waals surface area contributed by atoms with Crippen LogP contribution in [0.4, 0.5) is 0 Å². The Morgan fingerprint density at radius 1 is 1.04 bits per heavy atom. The van der Waals surface area contributed by atoms with Gasteiger partial charge in [0.25, 0.3) is 0 Å². The van der Waals surface area contributed by atoms with Crippen molar-refractivity contribution >= 4 is 5.91 Å². The molecule has 4 aliphatic rings. The van der Waals surface area contributed by atoms with Gasteiger partial charge in [-0.2, -0.15) is 5.10 Å². The molecule has 4 fully saturated rings. The zero-order valence-electron chi connectivity index (χ0n) is 15.1. The van der Waals surface area contributed by atoms with Gasteiger partial charge in [-0.05, 0) is 67.4 Å². The molecule has 5 nitrogen and oxygen atoms in total. The van der Waals surface area contributed by atoms with Crippen LogP contribution in [0, 0.1) is 23.2 Å². The smallest absolute Gasteiger partial charge is 0.226 e. The first kappa shape index (κ1) is 16.0. The van der Waals surface area contributed by atoms with Crippen molar-refractivity contribution in [2.75, 3.05) is 0 Å². The Bertz CT molecular complexity index is 746. The molecule has 0 atom stereocenters. The van der Waals surface area contributed by atoms with Crippen molar-refractivity contribution in [3.05, 3.63) is 48.0 Å². The van der Waals surface area contributed by atoms with E-state index in [0.717, 1.165) is 49.1 Å². The zero-order valence-corrected chi connectivity index (χ0v) is 15.1. The van der Waals surface area contributed by atoms with Crippen molar-refractivity contribution in [3.63, 3.8) is 0 Å². The third-order valence-corrected chi connectivity index (χ3v) is 6.81. The predicted octanol–water partition coefficient (Wildman–Crippen LogP) is 3.16. The molecule has 0 radical (unpaired) electrons. The van der Waals surface area contributed by atoms with Crippen LogP contribution in [-0.2, 0) is 17.9 Å². The molecule has 1 N–H and O–H groups in total. The number of rotatable bonds is 5. The molecule has 4 bridgehead atoms. The number of hydrogen-bond donors (Lipinski definition) is 1. The number of benzene rings is 1. The Kier molecular flexibility index (Phi) is 3.84. The van der Waals surface area contributed by atoms with Crippen molar-refractivity contribution in [2.45, 2.75) is 51.6 Å². The molecule has 1 heterocycles. The minimum atomic E-state index is -0.0538. The highest BCUT2D eigenvalue weighted by Crippen LogP contribution is 2.60. The van der Waals surface area contributed by atoms with E-state index in [-0.39, 0.29) is 5.41 Å². The summed E-state index contributed by atoms with van der Waals surface area (Å²) in [5.74, 6) is 2.73. The summed E-state index contributed by atoms with van der Waals surface area (Å²) in [7, 11) is 0. The first-order chi connectivity index (χ1) is 12.7. The normalized spacial score (nSPS) is 31.9. The minimum absolute atomic E-state index is 0.0538. The molecule has 0 spiro atoms. The van der Waals surface area contributed by atoms with E-state index >= 15 is 0 Å². The maximum atomic E-state index is 13.0. The van der Waals surface area contributed by atoms with Crippen LogP contribution < -0.4 is 5.32 Å². The SMILES string of the molecule is O=C(NCc1ccc(Cn2cncn2)cc1)C12CC3CC(CC(C3)C1)C2. The van der Waals surface area contributed by atoms with Gasteiger partial charge in [0.05, 0.1) is 6.54 Å². The summed E-state index contributed by atoms with van der Waals surface area (Å²) in [5, 5.41) is 7.39. The van der Waals surface area contributed by atoms with E-state index in [4.69, 9.17) is 0 Å². The van der Waals surface area contributed by atoms with Crippen LogP contribution in [0.15, 0.2) is 36.9 Å². The van der Waals surface area contributed by atoms with E-state index < -0.39 is 0 Å². The number of carbonyl (C=O) groups is 1. The van der Waals surface area contributed by atoms with Crippen LogP contribution >= 0.6 is 0 Å². The van der Waals surface area contributed by atoms with E-state index in [1.165, 1.54) is 24.8 Å². The van der Waals surface area contributed by atoms with Crippen molar-refractivity contribution < 1.29 is 4.79 Å². The lowest BCUT2D eigenvalue weighted by Gasteiger charge is -2.55. The van der Waals surface area contributed by atoms with Gasteiger partial charge in [0.1, 0.15) is 12.7 Å². The molecule has 0 aliphatic heterocycles. The number of carbonyl (C=O) groups excluding carboxylic acids is 1. The lowest BCUT2D eigenvalue weighted by atomic mass is 9.49. The first-order valence-electron chi connectivity index (χ1n) is 9.87. The second-order valence-corrected chi connectivity index (χ2v) is 8.79. The Morgan fingerprint density at radius 2 is 1.65 bits per heavy atom. The highest BCUT2D eigenvalue weighted by molar-refractivity contribution is 5.83. The van der Waals surface area contributed by atoms with Gasteiger partial charge in [-0.15, -0.1) is 0 Å². The molecular formula is C21H26N4O. The van der Waals surface area contributed by atoms with Crippen LogP contribution in [0.25, 0.3) is 0 Å². The molecule has 1 amide bonds. The topological polar surface area (TPSA) is 59.8 Å². The van der Waals surface area contributed by atoms with Gasteiger partial charge in [-0.3, -0.25) is 4.79 Å². The van der Waals surface area contributed by atoms with Gasteiger partial charge in [0.15, 0.2) is 0 Å². The molecule has 4 saturated carbocycles. The number of nitrogens with one attached hydrogen (secondary N) is 1. The molecular weight excluding hydrogens is 324 g/mol. The van der Waals surface area contributed by atoms with Crippen LogP contribution in [0.1, 0.15) is 49.7 Å². The quantitative estimate of drug-likeness (QED) is 0.901. The third-order valence-electron chi connectivity index (χ3n) is 6.81. The summed E-state index contributed by atoms with van der Waals surface area (Å²) >= 11 is 0. The predicted molar refractivity (Wildman–Crippen MR) is 98.0 cm³/mol. The molecule has 0 saturated heterocycles. The molecule has 5 heteroatoms. The maximum Gasteiger partial charge on any atom is 0.226 e. The summed E-state index contributed by atoms with van der Waals surface area (Å²) < 4.78 is 1.81. The second kappa shape index (κ2) is 6.22. The number of hydrogen-bond acceptors (Lipinski definition) is 3. The van der Waals surface area contributed by atoms with Crippen molar-refractivity contribution in [2.24, 2.45) is 23.2 Å². The van der Waals surface area contributed by atoms with Gasteiger partial charge in [0.2, 0.25) is 5.91 Å². The number of nitrogens with zero attached hydrogens (tertiary/aromatic N) is 3. The third kappa shape index (κ3) is 2.93. The fraction of sp³-hybridized carbons (Fsp3) is 0.571. The highest BCUT2D eigenvalue weighted by Gasteiger charge is 2.54. The molecule has 136 valence electrons. The Morgan fingerprint density at radius 3 is 2.23 bits per heavy atom. The van der Waals surface area contributed by atoms with Crippen LogP contribution in [-0.4, -0.2) is 20.7 Å². The fourth-order valence-corrected chi connectivity index (χ4v) is 6.02. The molecule has 6 rings (SSSR count). The second-order valence-electron chi connectivity index (χ2n) is 8.79. The summed E-state index contributed by atoms with van der Waals surface area (Å²) in [6, 6.07) is 8.42. The molecule has 4 aliphatic carbocycles. The Hall–Kier alpha value is -2.17. The minimum Gasteiger partial charge on any atom is -0.352 e. The number of amides is 1.